The molecule has 4 heteroatoms. The number of hydrogen-bond donors (Lipinski definition) is 1. The smallest absolute Gasteiger partial charge is 0.129 e. The number of nitrogens with zero attached hydrogens (tertiary/aromatic N) is 2. The minimum Gasteiger partial charge on any atom is -0.381 e. The van der Waals surface area contributed by atoms with Gasteiger partial charge in [0, 0.05) is 50.4 Å². The van der Waals surface area contributed by atoms with E-state index in [1.807, 2.05) is 0 Å². The van der Waals surface area contributed by atoms with Gasteiger partial charge in [-0.2, -0.15) is 0 Å². The van der Waals surface area contributed by atoms with E-state index >= 15 is 0 Å². The van der Waals surface area contributed by atoms with Gasteiger partial charge in [0.25, 0.3) is 0 Å². The summed E-state index contributed by atoms with van der Waals surface area (Å²) in [5.41, 5.74) is 3.92. The molecule has 0 bridgehead atoms. The zero-order valence-electron chi connectivity index (χ0n) is 11.7. The minimum atomic E-state index is 0.620. The molecule has 0 spiro atoms. The third-order valence-corrected chi connectivity index (χ3v) is 4.05. The molecule has 1 unspecified atom stereocenters. The first kappa shape index (κ1) is 13.0. The maximum absolute atomic E-state index is 5.45. The summed E-state index contributed by atoms with van der Waals surface area (Å²) in [6, 6.07) is 0. The molecule has 104 valence electrons. The van der Waals surface area contributed by atoms with Crippen molar-refractivity contribution in [2.75, 3.05) is 19.8 Å². The van der Waals surface area contributed by atoms with Gasteiger partial charge in [0.15, 0.2) is 0 Å². The summed E-state index contributed by atoms with van der Waals surface area (Å²) in [5.74, 6) is 1.66. The zero-order valence-corrected chi connectivity index (χ0v) is 11.7. The third kappa shape index (κ3) is 2.95. The Labute approximate surface area is 115 Å². The van der Waals surface area contributed by atoms with Gasteiger partial charge in [-0.25, -0.2) is 9.97 Å². The molecule has 3 rings (SSSR count). The van der Waals surface area contributed by atoms with Crippen molar-refractivity contribution in [2.45, 2.75) is 45.6 Å². The lowest BCUT2D eigenvalue weighted by atomic mass is 10.0. The van der Waals surface area contributed by atoms with E-state index < -0.39 is 0 Å². The molecule has 0 amide bonds. The molecule has 2 aliphatic heterocycles. The molecule has 0 radical (unpaired) electrons. The lowest BCUT2D eigenvalue weighted by Crippen LogP contribution is -2.27. The van der Waals surface area contributed by atoms with Crippen molar-refractivity contribution in [1.29, 1.82) is 0 Å². The predicted octanol–water partition coefficient (Wildman–Crippen LogP) is 1.65. The number of hydrogen-bond acceptors (Lipinski definition) is 4. The second-order valence-corrected chi connectivity index (χ2v) is 5.62. The molecule has 1 aromatic heterocycles. The highest BCUT2D eigenvalue weighted by Crippen LogP contribution is 2.21. The molecular formula is C15H23N3O. The molecule has 0 saturated carbocycles. The van der Waals surface area contributed by atoms with E-state index in [-0.39, 0.29) is 0 Å². The van der Waals surface area contributed by atoms with Gasteiger partial charge in [0.2, 0.25) is 0 Å². The number of nitrogens with one attached hydrogen (secondary N) is 1. The molecule has 2 aliphatic rings. The Balaban J connectivity index is 1.85. The van der Waals surface area contributed by atoms with E-state index in [0.29, 0.717) is 5.92 Å². The molecule has 3 heterocycles. The van der Waals surface area contributed by atoms with E-state index in [9.17, 15) is 0 Å². The largest absolute Gasteiger partial charge is 0.381 e. The summed E-state index contributed by atoms with van der Waals surface area (Å²) in [4.78, 5) is 9.65. The lowest BCUT2D eigenvalue weighted by Gasteiger charge is -2.20. The van der Waals surface area contributed by atoms with Crippen LogP contribution in [-0.4, -0.2) is 29.7 Å². The number of fused-ring (bicyclic) bond motifs is 1. The first-order chi connectivity index (χ1) is 9.36. The monoisotopic (exact) mass is 261 g/mol. The van der Waals surface area contributed by atoms with Gasteiger partial charge in [-0.15, -0.1) is 0 Å². The fourth-order valence-electron chi connectivity index (χ4n) is 3.01. The fraction of sp³-hybridized carbons (Fsp3) is 0.733. The van der Waals surface area contributed by atoms with Gasteiger partial charge in [-0.05, 0) is 18.8 Å². The van der Waals surface area contributed by atoms with Crippen LogP contribution in [0.4, 0.5) is 0 Å². The summed E-state index contributed by atoms with van der Waals surface area (Å²) >= 11 is 0. The van der Waals surface area contributed by atoms with Gasteiger partial charge >= 0.3 is 0 Å². The molecule has 1 saturated heterocycles. The van der Waals surface area contributed by atoms with Crippen LogP contribution in [0.25, 0.3) is 0 Å². The second-order valence-electron chi connectivity index (χ2n) is 5.62. The average molecular weight is 261 g/mol. The van der Waals surface area contributed by atoms with E-state index in [1.165, 1.54) is 17.0 Å². The predicted molar refractivity (Wildman–Crippen MR) is 74.1 cm³/mol. The standard InChI is InChI=1S/C15H23N3O/c1-2-3-13-12-9-16-6-4-14(12)18-15(17-13)8-11-5-7-19-10-11/h11,16H,2-10H2,1H3. The van der Waals surface area contributed by atoms with Gasteiger partial charge in [-0.1, -0.05) is 13.3 Å². The summed E-state index contributed by atoms with van der Waals surface area (Å²) < 4.78 is 5.45. The van der Waals surface area contributed by atoms with Crippen molar-refractivity contribution in [3.8, 4) is 0 Å². The molecule has 19 heavy (non-hydrogen) atoms. The Bertz CT molecular complexity index is 441. The normalized spacial score (nSPS) is 22.5. The highest BCUT2D eigenvalue weighted by molar-refractivity contribution is 5.28. The Hall–Kier alpha value is -1.00. The van der Waals surface area contributed by atoms with Crippen LogP contribution >= 0.6 is 0 Å². The first-order valence-electron chi connectivity index (χ1n) is 7.52. The molecule has 1 N–H and O–H groups in total. The first-order valence-corrected chi connectivity index (χ1v) is 7.52. The van der Waals surface area contributed by atoms with Crippen LogP contribution < -0.4 is 5.32 Å². The topological polar surface area (TPSA) is 47.0 Å². The Morgan fingerprint density at radius 1 is 1.37 bits per heavy atom. The number of aromatic nitrogens is 2. The molecule has 1 fully saturated rings. The SMILES string of the molecule is CCCc1nc(CC2CCOC2)nc2c1CNCC2. The van der Waals surface area contributed by atoms with Crippen LogP contribution in [0.15, 0.2) is 0 Å². The zero-order chi connectivity index (χ0) is 13.1. The minimum absolute atomic E-state index is 0.620. The van der Waals surface area contributed by atoms with Crippen molar-refractivity contribution < 1.29 is 4.74 Å². The second kappa shape index (κ2) is 5.97. The van der Waals surface area contributed by atoms with Crippen molar-refractivity contribution in [3.05, 3.63) is 22.8 Å². The van der Waals surface area contributed by atoms with Gasteiger partial charge < -0.3 is 10.1 Å². The van der Waals surface area contributed by atoms with E-state index in [0.717, 1.165) is 64.2 Å². The highest BCUT2D eigenvalue weighted by atomic mass is 16.5. The van der Waals surface area contributed by atoms with Gasteiger partial charge in [0.1, 0.15) is 5.82 Å². The van der Waals surface area contributed by atoms with E-state index in [1.54, 1.807) is 0 Å². The summed E-state index contributed by atoms with van der Waals surface area (Å²) in [5, 5.41) is 3.43. The Morgan fingerprint density at radius 3 is 3.11 bits per heavy atom. The van der Waals surface area contributed by atoms with E-state index in [2.05, 4.69) is 12.2 Å². The van der Waals surface area contributed by atoms with Gasteiger partial charge in [-0.3, -0.25) is 0 Å². The van der Waals surface area contributed by atoms with Crippen molar-refractivity contribution in [2.24, 2.45) is 5.92 Å². The Morgan fingerprint density at radius 2 is 2.32 bits per heavy atom. The van der Waals surface area contributed by atoms with Crippen LogP contribution in [0.2, 0.25) is 0 Å². The maximum atomic E-state index is 5.45. The quantitative estimate of drug-likeness (QED) is 0.895. The Kier molecular flexibility index (Phi) is 4.09. The average Bonchev–Trinajstić information content (AvgIpc) is 2.92. The fourth-order valence-corrected chi connectivity index (χ4v) is 3.01. The lowest BCUT2D eigenvalue weighted by molar-refractivity contribution is 0.185. The van der Waals surface area contributed by atoms with Crippen LogP contribution in [-0.2, 0) is 30.5 Å². The van der Waals surface area contributed by atoms with Crippen molar-refractivity contribution in [3.63, 3.8) is 0 Å². The van der Waals surface area contributed by atoms with Crippen LogP contribution in [0.1, 0.15) is 42.5 Å². The summed E-state index contributed by atoms with van der Waals surface area (Å²) in [6.45, 7) is 5.99. The molecule has 0 aromatic carbocycles. The van der Waals surface area contributed by atoms with Crippen molar-refractivity contribution in [1.82, 2.24) is 15.3 Å². The molecule has 0 aliphatic carbocycles. The van der Waals surface area contributed by atoms with Crippen molar-refractivity contribution >= 4 is 0 Å². The molecule has 1 atom stereocenters. The molecule has 1 aromatic rings. The molecular weight excluding hydrogens is 238 g/mol. The molecule has 4 nitrogen and oxygen atoms in total. The van der Waals surface area contributed by atoms with Crippen LogP contribution in [0.3, 0.4) is 0 Å². The van der Waals surface area contributed by atoms with E-state index in [4.69, 9.17) is 14.7 Å². The van der Waals surface area contributed by atoms with Crippen LogP contribution in [0, 0.1) is 5.92 Å². The maximum Gasteiger partial charge on any atom is 0.129 e. The number of rotatable bonds is 4. The number of aryl methyl sites for hydroxylation is 1. The highest BCUT2D eigenvalue weighted by Gasteiger charge is 2.21. The van der Waals surface area contributed by atoms with Gasteiger partial charge in [0.05, 0.1) is 5.69 Å². The summed E-state index contributed by atoms with van der Waals surface area (Å²) in [6.07, 6.45) is 5.40. The number of ether oxygens (including phenoxy) is 1. The van der Waals surface area contributed by atoms with Crippen LogP contribution in [0.5, 0.6) is 0 Å². The summed E-state index contributed by atoms with van der Waals surface area (Å²) in [7, 11) is 0. The third-order valence-electron chi connectivity index (χ3n) is 4.05.